The minimum atomic E-state index is -0.734. The lowest BCUT2D eigenvalue weighted by atomic mass is 9.97. The van der Waals surface area contributed by atoms with Gasteiger partial charge in [0.25, 0.3) is 0 Å². The zero-order chi connectivity index (χ0) is 15.2. The highest BCUT2D eigenvalue weighted by Crippen LogP contribution is 2.16. The Balaban J connectivity index is 0.00000242. The number of piperidine rings is 1. The molecule has 1 heterocycles. The number of rotatable bonds is 5. The summed E-state index contributed by atoms with van der Waals surface area (Å²) in [6, 6.07) is 7.33. The van der Waals surface area contributed by atoms with Crippen molar-refractivity contribution in [2.75, 3.05) is 19.6 Å². The van der Waals surface area contributed by atoms with Crippen LogP contribution in [0.1, 0.15) is 18.4 Å². The van der Waals surface area contributed by atoms with Gasteiger partial charge in [0.2, 0.25) is 5.91 Å². The average Bonchev–Trinajstić information content (AvgIpc) is 2.47. The molecule has 0 atom stereocenters. The van der Waals surface area contributed by atoms with Crippen molar-refractivity contribution >= 4 is 35.9 Å². The summed E-state index contributed by atoms with van der Waals surface area (Å²) >= 11 is 5.80. The molecule has 0 aliphatic carbocycles. The summed E-state index contributed by atoms with van der Waals surface area (Å²) in [5.41, 5.74) is 0.998. The number of carbonyl (C=O) groups is 2. The van der Waals surface area contributed by atoms with Crippen LogP contribution >= 0.6 is 24.0 Å². The van der Waals surface area contributed by atoms with Crippen molar-refractivity contribution < 1.29 is 14.7 Å². The molecule has 2 rings (SSSR count). The fourth-order valence-electron chi connectivity index (χ4n) is 2.40. The molecule has 1 aromatic rings. The number of carboxylic acids is 1. The molecule has 0 aromatic heterocycles. The Kier molecular flexibility index (Phi) is 7.65. The second-order valence-corrected chi connectivity index (χ2v) is 5.73. The van der Waals surface area contributed by atoms with Crippen LogP contribution in [-0.4, -0.2) is 41.5 Å². The molecule has 1 aliphatic rings. The number of likely N-dealkylation sites (tertiary alicyclic amines) is 1. The number of halogens is 2. The summed E-state index contributed by atoms with van der Waals surface area (Å²) in [5, 5.41) is 12.5. The quantitative estimate of drug-likeness (QED) is 0.857. The van der Waals surface area contributed by atoms with Gasteiger partial charge in [0.1, 0.15) is 0 Å². The zero-order valence-corrected chi connectivity index (χ0v) is 13.7. The van der Waals surface area contributed by atoms with Crippen LogP contribution in [0.5, 0.6) is 0 Å². The van der Waals surface area contributed by atoms with Gasteiger partial charge in [-0.2, -0.15) is 0 Å². The standard InChI is InChI=1S/C15H19ClN2O3.ClH/c16-13-3-1-11(2-4-13)9-17-14(19)10-18-7-5-12(6-8-18)15(20)21;/h1-4,12H,5-10H2,(H,17,19)(H,20,21);1H. The Labute approximate surface area is 141 Å². The van der Waals surface area contributed by atoms with Crippen molar-refractivity contribution in [1.82, 2.24) is 10.2 Å². The summed E-state index contributed by atoms with van der Waals surface area (Å²) in [5.74, 6) is -1.04. The maximum atomic E-state index is 11.9. The third kappa shape index (κ3) is 5.83. The molecule has 5 nitrogen and oxygen atoms in total. The molecule has 0 radical (unpaired) electrons. The number of hydrogen-bond acceptors (Lipinski definition) is 3. The molecule has 0 bridgehead atoms. The molecule has 1 aliphatic heterocycles. The first-order chi connectivity index (χ1) is 10.0. The van der Waals surface area contributed by atoms with Gasteiger partial charge >= 0.3 is 5.97 Å². The Morgan fingerprint density at radius 2 is 1.82 bits per heavy atom. The van der Waals surface area contributed by atoms with Gasteiger partial charge in [-0.15, -0.1) is 12.4 Å². The first-order valence-corrected chi connectivity index (χ1v) is 7.38. The van der Waals surface area contributed by atoms with Gasteiger partial charge in [-0.3, -0.25) is 14.5 Å². The van der Waals surface area contributed by atoms with E-state index >= 15 is 0 Å². The first-order valence-electron chi connectivity index (χ1n) is 7.01. The maximum Gasteiger partial charge on any atom is 0.306 e. The van der Waals surface area contributed by atoms with E-state index in [1.54, 1.807) is 12.1 Å². The number of carboxylic acid groups (broad SMARTS) is 1. The van der Waals surface area contributed by atoms with E-state index in [0.29, 0.717) is 44.0 Å². The van der Waals surface area contributed by atoms with Crippen LogP contribution < -0.4 is 5.32 Å². The largest absolute Gasteiger partial charge is 0.481 e. The Bertz CT molecular complexity index is 500. The molecular formula is C15H20Cl2N2O3. The summed E-state index contributed by atoms with van der Waals surface area (Å²) < 4.78 is 0. The van der Waals surface area contributed by atoms with E-state index in [2.05, 4.69) is 5.32 Å². The highest BCUT2D eigenvalue weighted by molar-refractivity contribution is 6.30. The average molecular weight is 347 g/mol. The van der Waals surface area contributed by atoms with Crippen molar-refractivity contribution in [2.24, 2.45) is 5.92 Å². The third-order valence-electron chi connectivity index (χ3n) is 3.71. The van der Waals surface area contributed by atoms with Crippen LogP contribution in [0.15, 0.2) is 24.3 Å². The normalized spacial score (nSPS) is 15.9. The van der Waals surface area contributed by atoms with E-state index in [1.807, 2.05) is 17.0 Å². The van der Waals surface area contributed by atoms with Crippen LogP contribution in [-0.2, 0) is 16.1 Å². The van der Waals surface area contributed by atoms with E-state index in [4.69, 9.17) is 16.7 Å². The predicted octanol–water partition coefficient (Wildman–Crippen LogP) is 2.17. The number of carbonyl (C=O) groups excluding carboxylic acids is 1. The van der Waals surface area contributed by atoms with Crippen molar-refractivity contribution in [1.29, 1.82) is 0 Å². The topological polar surface area (TPSA) is 69.6 Å². The number of amides is 1. The van der Waals surface area contributed by atoms with Gasteiger partial charge < -0.3 is 10.4 Å². The molecule has 0 unspecified atom stereocenters. The second kappa shape index (κ2) is 8.98. The van der Waals surface area contributed by atoms with Gasteiger partial charge in [0.15, 0.2) is 0 Å². The fraction of sp³-hybridized carbons (Fsp3) is 0.467. The van der Waals surface area contributed by atoms with Gasteiger partial charge in [0, 0.05) is 11.6 Å². The van der Waals surface area contributed by atoms with E-state index in [9.17, 15) is 9.59 Å². The minimum Gasteiger partial charge on any atom is -0.481 e. The van der Waals surface area contributed by atoms with Gasteiger partial charge in [-0.1, -0.05) is 23.7 Å². The molecule has 1 aromatic carbocycles. The highest BCUT2D eigenvalue weighted by Gasteiger charge is 2.25. The lowest BCUT2D eigenvalue weighted by molar-refractivity contribution is -0.143. The van der Waals surface area contributed by atoms with Gasteiger partial charge in [-0.25, -0.2) is 0 Å². The van der Waals surface area contributed by atoms with Crippen LogP contribution in [0, 0.1) is 5.92 Å². The minimum absolute atomic E-state index is 0. The maximum absolute atomic E-state index is 11.9. The molecule has 22 heavy (non-hydrogen) atoms. The molecule has 1 amide bonds. The third-order valence-corrected chi connectivity index (χ3v) is 3.96. The fourth-order valence-corrected chi connectivity index (χ4v) is 2.53. The molecule has 0 saturated carbocycles. The molecule has 0 spiro atoms. The van der Waals surface area contributed by atoms with Crippen LogP contribution in [0.2, 0.25) is 5.02 Å². The summed E-state index contributed by atoms with van der Waals surface area (Å²) in [4.78, 5) is 24.7. The Morgan fingerprint density at radius 3 is 2.36 bits per heavy atom. The van der Waals surface area contributed by atoms with Crippen LogP contribution in [0.3, 0.4) is 0 Å². The lowest BCUT2D eigenvalue weighted by Crippen LogP contribution is -2.42. The summed E-state index contributed by atoms with van der Waals surface area (Å²) in [6.07, 6.45) is 1.22. The van der Waals surface area contributed by atoms with Crippen molar-refractivity contribution in [3.05, 3.63) is 34.9 Å². The van der Waals surface area contributed by atoms with Crippen molar-refractivity contribution in [2.45, 2.75) is 19.4 Å². The number of benzene rings is 1. The highest BCUT2D eigenvalue weighted by atomic mass is 35.5. The summed E-state index contributed by atoms with van der Waals surface area (Å²) in [6.45, 7) is 2.11. The van der Waals surface area contributed by atoms with Crippen molar-refractivity contribution in [3.8, 4) is 0 Å². The predicted molar refractivity (Wildman–Crippen MR) is 87.3 cm³/mol. The Hall–Kier alpha value is -1.30. The van der Waals surface area contributed by atoms with E-state index in [0.717, 1.165) is 5.56 Å². The van der Waals surface area contributed by atoms with Gasteiger partial charge in [-0.05, 0) is 43.6 Å². The van der Waals surface area contributed by atoms with Crippen LogP contribution in [0.4, 0.5) is 0 Å². The first kappa shape index (κ1) is 18.7. The number of aliphatic carboxylic acids is 1. The number of hydrogen-bond donors (Lipinski definition) is 2. The zero-order valence-electron chi connectivity index (χ0n) is 12.1. The van der Waals surface area contributed by atoms with Crippen molar-refractivity contribution in [3.63, 3.8) is 0 Å². The van der Waals surface area contributed by atoms with E-state index in [-0.39, 0.29) is 24.2 Å². The molecular weight excluding hydrogens is 327 g/mol. The molecule has 122 valence electrons. The summed E-state index contributed by atoms with van der Waals surface area (Å²) in [7, 11) is 0. The molecule has 1 saturated heterocycles. The Morgan fingerprint density at radius 1 is 1.23 bits per heavy atom. The van der Waals surface area contributed by atoms with Crippen LogP contribution in [0.25, 0.3) is 0 Å². The lowest BCUT2D eigenvalue weighted by Gasteiger charge is -2.29. The molecule has 7 heteroatoms. The van der Waals surface area contributed by atoms with E-state index in [1.165, 1.54) is 0 Å². The molecule has 1 fully saturated rings. The van der Waals surface area contributed by atoms with Gasteiger partial charge in [0.05, 0.1) is 12.5 Å². The SMILES string of the molecule is Cl.O=C(CN1CCC(C(=O)O)CC1)NCc1ccc(Cl)cc1. The molecule has 2 N–H and O–H groups in total. The number of nitrogens with zero attached hydrogens (tertiary/aromatic N) is 1. The number of nitrogens with one attached hydrogen (secondary N) is 1. The smallest absolute Gasteiger partial charge is 0.306 e. The van der Waals surface area contributed by atoms with E-state index < -0.39 is 5.97 Å². The second-order valence-electron chi connectivity index (χ2n) is 5.29. The monoisotopic (exact) mass is 346 g/mol.